The fourth-order valence-corrected chi connectivity index (χ4v) is 10.5. The number of hydrogen-bond donors (Lipinski definition) is 3. The fraction of sp³-hybridized carbons (Fsp3) is 0.855. The zero-order chi connectivity index (χ0) is 58.9. The molecule has 6 atom stereocenters. The van der Waals surface area contributed by atoms with Crippen molar-refractivity contribution in [2.24, 2.45) is 0 Å². The lowest BCUT2D eigenvalue weighted by molar-refractivity contribution is -0.301. The molecule has 1 aliphatic heterocycles. The summed E-state index contributed by atoms with van der Waals surface area (Å²) in [5, 5.41) is 31.6. The average Bonchev–Trinajstić information content (AvgIpc) is 3.53. The molecule has 0 bridgehead atoms. The van der Waals surface area contributed by atoms with Gasteiger partial charge in [-0.1, -0.05) is 269 Å². The molecule has 0 aliphatic carbocycles. The summed E-state index contributed by atoms with van der Waals surface area (Å²) in [7, 11) is 0. The van der Waals surface area contributed by atoms with Crippen molar-refractivity contribution in [1.29, 1.82) is 0 Å². The Morgan fingerprint density at radius 2 is 0.741 bits per heavy atom. The second-order valence-corrected chi connectivity index (χ2v) is 23.5. The van der Waals surface area contributed by atoms with Crippen LogP contribution in [0.1, 0.15) is 329 Å². The maximum Gasteiger partial charge on any atom is 0.335 e. The van der Waals surface area contributed by atoms with Crippen LogP contribution in [0.25, 0.3) is 0 Å². The average molecular weight is 1150 g/mol. The maximum absolute atomic E-state index is 13.2. The Balaban J connectivity index is 2.64. The van der Waals surface area contributed by atoms with E-state index in [-0.39, 0.29) is 25.9 Å². The SMILES string of the molecule is CCCCC/C=C\C/C=C\CCCCCCCCCCCC(=O)OCC(COC1OC(C(=O)O)C(O)C(O)C1OC(=O)CCCCCCC/C=C\CCCCCCCC)OC(=O)CCCCCCCCCCCCCCCCCCC. The van der Waals surface area contributed by atoms with E-state index >= 15 is 0 Å². The van der Waals surface area contributed by atoms with Crippen LogP contribution in [0.5, 0.6) is 0 Å². The molecule has 3 N–H and O–H groups in total. The Labute approximate surface area is 495 Å². The summed E-state index contributed by atoms with van der Waals surface area (Å²) in [6.07, 6.45) is 56.7. The second-order valence-electron chi connectivity index (χ2n) is 23.5. The molecule has 0 aromatic carbocycles. The summed E-state index contributed by atoms with van der Waals surface area (Å²) in [5.74, 6) is -3.10. The monoisotopic (exact) mass is 1140 g/mol. The maximum atomic E-state index is 13.2. The lowest BCUT2D eigenvalue weighted by atomic mass is 9.98. The first-order valence-corrected chi connectivity index (χ1v) is 34.0. The molecule has 81 heavy (non-hydrogen) atoms. The molecule has 1 saturated heterocycles. The Kier molecular flexibility index (Phi) is 53.8. The minimum atomic E-state index is -1.90. The van der Waals surface area contributed by atoms with E-state index in [1.54, 1.807) is 0 Å². The summed E-state index contributed by atoms with van der Waals surface area (Å²) in [4.78, 5) is 51.4. The Hall–Kier alpha value is -3.06. The highest BCUT2D eigenvalue weighted by molar-refractivity contribution is 5.74. The third-order valence-electron chi connectivity index (χ3n) is 15.7. The number of rotatable bonds is 59. The molecule has 1 heterocycles. The van der Waals surface area contributed by atoms with Crippen LogP contribution in [0.4, 0.5) is 0 Å². The molecule has 1 aliphatic rings. The first-order valence-electron chi connectivity index (χ1n) is 34.0. The third-order valence-corrected chi connectivity index (χ3v) is 15.7. The largest absolute Gasteiger partial charge is 0.479 e. The number of aliphatic carboxylic acids is 1. The quantitative estimate of drug-likeness (QED) is 0.0228. The highest BCUT2D eigenvalue weighted by Crippen LogP contribution is 2.27. The highest BCUT2D eigenvalue weighted by Gasteiger charge is 2.50. The van der Waals surface area contributed by atoms with Gasteiger partial charge in [-0.15, -0.1) is 0 Å². The predicted molar refractivity (Wildman–Crippen MR) is 331 cm³/mol. The molecule has 472 valence electrons. The van der Waals surface area contributed by atoms with Crippen molar-refractivity contribution in [1.82, 2.24) is 0 Å². The van der Waals surface area contributed by atoms with Gasteiger partial charge in [-0.25, -0.2) is 4.79 Å². The van der Waals surface area contributed by atoms with Gasteiger partial charge in [-0.2, -0.15) is 0 Å². The van der Waals surface area contributed by atoms with Gasteiger partial charge in [0.2, 0.25) is 0 Å². The number of carboxylic acid groups (broad SMARTS) is 1. The minimum Gasteiger partial charge on any atom is -0.479 e. The van der Waals surface area contributed by atoms with Gasteiger partial charge in [0.15, 0.2) is 24.6 Å². The molecule has 0 amide bonds. The van der Waals surface area contributed by atoms with Gasteiger partial charge >= 0.3 is 23.9 Å². The van der Waals surface area contributed by atoms with E-state index in [9.17, 15) is 34.5 Å². The van der Waals surface area contributed by atoms with Crippen LogP contribution in [0, 0.1) is 0 Å². The molecule has 0 aromatic rings. The molecule has 12 heteroatoms. The number of hydrogen-bond acceptors (Lipinski definition) is 11. The summed E-state index contributed by atoms with van der Waals surface area (Å²) < 4.78 is 28.6. The van der Waals surface area contributed by atoms with Crippen molar-refractivity contribution in [3.8, 4) is 0 Å². The summed E-state index contributed by atoms with van der Waals surface area (Å²) in [6.45, 7) is 6.02. The standard InChI is InChI=1S/C69H124O12/c1-4-7-10-13-16-19-22-25-28-30-31-33-35-37-40-43-46-49-52-55-61(70)77-58-60(79-62(71)56-53-50-47-44-41-39-36-32-29-26-23-20-17-14-11-8-5-2)59-78-69-67(65(74)64(73)66(81-69)68(75)76)80-63(72)57-54-51-48-45-42-38-34-27-24-21-18-15-12-9-6-3/h16,19,25,27-28,34,60,64-67,69,73-74H,4-15,17-18,20-24,26,29-33,35-59H2,1-3H3,(H,75,76)/b19-16-,28-25-,34-27-. The van der Waals surface area contributed by atoms with Crippen LogP contribution in [-0.2, 0) is 42.9 Å². The van der Waals surface area contributed by atoms with Gasteiger partial charge in [0.25, 0.3) is 0 Å². The van der Waals surface area contributed by atoms with Crippen LogP contribution >= 0.6 is 0 Å². The lowest BCUT2D eigenvalue weighted by Crippen LogP contribution is -2.61. The Bertz CT molecular complexity index is 1550. The zero-order valence-electron chi connectivity index (χ0n) is 52.3. The minimum absolute atomic E-state index is 0.0540. The van der Waals surface area contributed by atoms with Crippen molar-refractivity contribution in [3.63, 3.8) is 0 Å². The van der Waals surface area contributed by atoms with Crippen molar-refractivity contribution in [3.05, 3.63) is 36.5 Å². The first kappa shape index (κ1) is 76.0. The van der Waals surface area contributed by atoms with E-state index in [4.69, 9.17) is 23.7 Å². The molecule has 12 nitrogen and oxygen atoms in total. The molecule has 1 fully saturated rings. The summed E-state index contributed by atoms with van der Waals surface area (Å²) >= 11 is 0. The van der Waals surface area contributed by atoms with E-state index in [0.717, 1.165) is 89.9 Å². The van der Waals surface area contributed by atoms with Crippen LogP contribution < -0.4 is 0 Å². The van der Waals surface area contributed by atoms with Crippen molar-refractivity contribution < 1.29 is 58.2 Å². The van der Waals surface area contributed by atoms with Gasteiger partial charge in [0, 0.05) is 19.3 Å². The summed E-state index contributed by atoms with van der Waals surface area (Å²) in [5.41, 5.74) is 0. The zero-order valence-corrected chi connectivity index (χ0v) is 52.3. The van der Waals surface area contributed by atoms with Crippen LogP contribution in [0.3, 0.4) is 0 Å². The van der Waals surface area contributed by atoms with Crippen LogP contribution in [0.2, 0.25) is 0 Å². The smallest absolute Gasteiger partial charge is 0.335 e. The molecule has 0 aromatic heterocycles. The van der Waals surface area contributed by atoms with Gasteiger partial charge in [0.1, 0.15) is 18.8 Å². The molecular formula is C69H124O12. The van der Waals surface area contributed by atoms with Crippen LogP contribution in [0.15, 0.2) is 36.5 Å². The Morgan fingerprint density at radius 1 is 0.407 bits per heavy atom. The fourth-order valence-electron chi connectivity index (χ4n) is 10.5. The first-order chi connectivity index (χ1) is 39.6. The van der Waals surface area contributed by atoms with E-state index < -0.39 is 67.3 Å². The topological polar surface area (TPSA) is 175 Å². The molecule has 0 spiro atoms. The van der Waals surface area contributed by atoms with Crippen molar-refractivity contribution >= 4 is 23.9 Å². The number of carbonyl (C=O) groups excluding carboxylic acids is 3. The van der Waals surface area contributed by atoms with Gasteiger partial charge in [-0.05, 0) is 77.0 Å². The van der Waals surface area contributed by atoms with Crippen LogP contribution in [-0.4, -0.2) is 89.2 Å². The van der Waals surface area contributed by atoms with E-state index in [0.29, 0.717) is 19.3 Å². The molecular weight excluding hydrogens is 1020 g/mol. The number of unbranched alkanes of at least 4 members (excludes halogenated alkanes) is 39. The Morgan fingerprint density at radius 3 is 1.15 bits per heavy atom. The second kappa shape index (κ2) is 57.4. The number of allylic oxidation sites excluding steroid dienone is 6. The molecule has 1 rings (SSSR count). The normalized spacial score (nSPS) is 17.9. The predicted octanol–water partition coefficient (Wildman–Crippen LogP) is 18.4. The molecule has 6 unspecified atom stereocenters. The van der Waals surface area contributed by atoms with Gasteiger partial charge < -0.3 is 39.0 Å². The number of carboxylic acids is 1. The van der Waals surface area contributed by atoms with Crippen molar-refractivity contribution in [2.45, 2.75) is 366 Å². The van der Waals surface area contributed by atoms with E-state index in [2.05, 4.69) is 57.2 Å². The number of aliphatic hydroxyl groups excluding tert-OH is 2. The van der Waals surface area contributed by atoms with Gasteiger partial charge in [-0.3, -0.25) is 14.4 Å². The third kappa shape index (κ3) is 46.9. The highest BCUT2D eigenvalue weighted by atomic mass is 16.7. The summed E-state index contributed by atoms with van der Waals surface area (Å²) in [6, 6.07) is 0. The molecule has 0 saturated carbocycles. The number of aliphatic hydroxyl groups is 2. The lowest BCUT2D eigenvalue weighted by Gasteiger charge is -2.40. The number of esters is 3. The molecule has 0 radical (unpaired) electrons. The number of ether oxygens (including phenoxy) is 5. The van der Waals surface area contributed by atoms with Gasteiger partial charge in [0.05, 0.1) is 6.61 Å². The van der Waals surface area contributed by atoms with Crippen molar-refractivity contribution in [2.75, 3.05) is 13.2 Å². The number of carbonyl (C=O) groups is 4. The van der Waals surface area contributed by atoms with E-state index in [1.165, 1.54) is 180 Å². The van der Waals surface area contributed by atoms with E-state index in [1.807, 2.05) is 0 Å².